The normalized spacial score (nSPS) is 37.9. The van der Waals surface area contributed by atoms with Crippen molar-refractivity contribution in [2.75, 3.05) is 0 Å². The molecule has 65 valence electrons. The maximum absolute atomic E-state index is 3.48. The van der Waals surface area contributed by atoms with Crippen molar-refractivity contribution in [3.8, 4) is 0 Å². The van der Waals surface area contributed by atoms with E-state index in [0.717, 1.165) is 17.9 Å². The molecule has 1 saturated heterocycles. The second-order valence-electron chi connectivity index (χ2n) is 3.49. The first-order valence-electron chi connectivity index (χ1n) is 4.92. The van der Waals surface area contributed by atoms with Crippen LogP contribution in [-0.4, -0.2) is 6.04 Å². The van der Waals surface area contributed by atoms with Gasteiger partial charge in [0.25, 0.3) is 0 Å². The van der Waals surface area contributed by atoms with Gasteiger partial charge in [0.05, 0.1) is 0 Å². The molecule has 1 N–H and O–H groups in total. The molecule has 1 aliphatic rings. The van der Waals surface area contributed by atoms with Crippen LogP contribution < -0.4 is 5.32 Å². The van der Waals surface area contributed by atoms with Gasteiger partial charge in [-0.1, -0.05) is 33.6 Å². The van der Waals surface area contributed by atoms with Crippen LogP contribution in [0.25, 0.3) is 0 Å². The average Bonchev–Trinajstić information content (AvgIpc) is 2.45. The fourth-order valence-corrected chi connectivity index (χ4v) is 2.22. The minimum absolute atomic E-state index is 0.755. The van der Waals surface area contributed by atoms with Gasteiger partial charge in [-0.05, 0) is 18.3 Å². The van der Waals surface area contributed by atoms with Crippen molar-refractivity contribution in [1.29, 1.82) is 0 Å². The van der Waals surface area contributed by atoms with Crippen LogP contribution in [0, 0.1) is 18.4 Å². The Bertz CT molecular complexity index is 99.4. The van der Waals surface area contributed by atoms with Gasteiger partial charge in [-0.25, -0.2) is 0 Å². The first-order valence-corrected chi connectivity index (χ1v) is 4.92. The molecule has 11 heavy (non-hydrogen) atoms. The van der Waals surface area contributed by atoms with Crippen molar-refractivity contribution in [2.45, 2.75) is 46.1 Å². The van der Waals surface area contributed by atoms with Gasteiger partial charge in [-0.2, -0.15) is 0 Å². The Morgan fingerprint density at radius 3 is 2.27 bits per heavy atom. The van der Waals surface area contributed by atoms with Crippen LogP contribution in [0.1, 0.15) is 40.0 Å². The second-order valence-corrected chi connectivity index (χ2v) is 3.49. The largest absolute Gasteiger partial charge is 0.309 e. The maximum atomic E-state index is 3.48. The van der Waals surface area contributed by atoms with E-state index in [1.54, 1.807) is 0 Å². The molecule has 0 saturated carbocycles. The first-order chi connectivity index (χ1) is 5.33. The van der Waals surface area contributed by atoms with Gasteiger partial charge < -0.3 is 5.32 Å². The van der Waals surface area contributed by atoms with Crippen molar-refractivity contribution < 1.29 is 0 Å². The van der Waals surface area contributed by atoms with E-state index in [2.05, 4.69) is 32.6 Å². The lowest BCUT2D eigenvalue weighted by atomic mass is 9.86. The zero-order chi connectivity index (χ0) is 8.27. The quantitative estimate of drug-likeness (QED) is 0.659. The number of rotatable bonds is 3. The molecule has 0 spiro atoms. The summed E-state index contributed by atoms with van der Waals surface area (Å²) in [5.74, 6) is 1.72. The summed E-state index contributed by atoms with van der Waals surface area (Å²) in [6.45, 7) is 9.16. The lowest BCUT2D eigenvalue weighted by molar-refractivity contribution is 0.344. The monoisotopic (exact) mass is 154 g/mol. The van der Waals surface area contributed by atoms with Crippen LogP contribution in [0.15, 0.2) is 0 Å². The molecule has 1 nitrogen and oxygen atoms in total. The van der Waals surface area contributed by atoms with Gasteiger partial charge in [-0.15, -0.1) is 0 Å². The minimum Gasteiger partial charge on any atom is -0.309 e. The predicted molar refractivity (Wildman–Crippen MR) is 49.1 cm³/mol. The fourth-order valence-electron chi connectivity index (χ4n) is 2.22. The topological polar surface area (TPSA) is 12.0 Å². The molecule has 1 radical (unpaired) electrons. The van der Waals surface area contributed by atoms with E-state index >= 15 is 0 Å². The van der Waals surface area contributed by atoms with Crippen LogP contribution in [0.4, 0.5) is 0 Å². The highest BCUT2D eigenvalue weighted by Gasteiger charge is 2.31. The molecule has 0 bridgehead atoms. The van der Waals surface area contributed by atoms with E-state index < -0.39 is 0 Å². The van der Waals surface area contributed by atoms with Crippen LogP contribution in [0.3, 0.4) is 0 Å². The van der Waals surface area contributed by atoms with E-state index in [4.69, 9.17) is 0 Å². The Balaban J connectivity index is 2.48. The molecule has 3 atom stereocenters. The zero-order valence-electron chi connectivity index (χ0n) is 7.93. The Kier molecular flexibility index (Phi) is 3.38. The Hall–Kier alpha value is -0.0400. The molecular formula is C10H20N. The van der Waals surface area contributed by atoms with Crippen molar-refractivity contribution >= 4 is 0 Å². The summed E-state index contributed by atoms with van der Waals surface area (Å²) < 4.78 is 0. The third kappa shape index (κ3) is 1.76. The lowest BCUT2D eigenvalue weighted by Gasteiger charge is -2.20. The van der Waals surface area contributed by atoms with Crippen molar-refractivity contribution in [2.24, 2.45) is 11.8 Å². The molecule has 0 aromatic carbocycles. The van der Waals surface area contributed by atoms with Crippen LogP contribution in [0.5, 0.6) is 0 Å². The van der Waals surface area contributed by atoms with E-state index in [9.17, 15) is 0 Å². The van der Waals surface area contributed by atoms with Crippen molar-refractivity contribution in [1.82, 2.24) is 5.32 Å². The molecule has 0 aliphatic carbocycles. The highest BCUT2D eigenvalue weighted by atomic mass is 15.0. The van der Waals surface area contributed by atoms with Gasteiger partial charge in [-0.3, -0.25) is 0 Å². The average molecular weight is 154 g/mol. The van der Waals surface area contributed by atoms with Crippen LogP contribution >= 0.6 is 0 Å². The summed E-state index contributed by atoms with van der Waals surface area (Å²) in [6.07, 6.45) is 3.88. The molecule has 3 unspecified atom stereocenters. The summed E-state index contributed by atoms with van der Waals surface area (Å²) in [5, 5.41) is 3.48. The van der Waals surface area contributed by atoms with Gasteiger partial charge in [0, 0.05) is 12.6 Å². The summed E-state index contributed by atoms with van der Waals surface area (Å²) in [5.41, 5.74) is 0. The van der Waals surface area contributed by atoms with Crippen LogP contribution in [-0.2, 0) is 0 Å². The van der Waals surface area contributed by atoms with Crippen LogP contribution in [0.2, 0.25) is 0 Å². The molecule has 1 heteroatoms. The minimum atomic E-state index is 0.755. The van der Waals surface area contributed by atoms with Gasteiger partial charge >= 0.3 is 0 Å². The number of hydrogen-bond donors (Lipinski definition) is 1. The van der Waals surface area contributed by atoms with Crippen molar-refractivity contribution in [3.63, 3.8) is 0 Å². The molecule has 1 heterocycles. The van der Waals surface area contributed by atoms with Gasteiger partial charge in [0.15, 0.2) is 0 Å². The summed E-state index contributed by atoms with van der Waals surface area (Å²) in [6, 6.07) is 0.755. The third-order valence-corrected chi connectivity index (χ3v) is 2.97. The van der Waals surface area contributed by atoms with E-state index in [0.29, 0.717) is 0 Å². The summed E-state index contributed by atoms with van der Waals surface area (Å²) >= 11 is 0. The molecule has 1 fully saturated rings. The smallest absolute Gasteiger partial charge is 0.0258 e. The highest BCUT2D eigenvalue weighted by Crippen LogP contribution is 2.31. The number of nitrogens with one attached hydrogen (secondary N) is 1. The highest BCUT2D eigenvalue weighted by molar-refractivity contribution is 4.95. The van der Waals surface area contributed by atoms with E-state index in [1.807, 2.05) is 0 Å². The molecule has 0 amide bonds. The van der Waals surface area contributed by atoms with E-state index in [-0.39, 0.29) is 0 Å². The zero-order valence-corrected chi connectivity index (χ0v) is 7.93. The molecule has 1 aliphatic heterocycles. The molecule has 1 rings (SSSR count). The maximum Gasteiger partial charge on any atom is 0.0258 e. The Morgan fingerprint density at radius 1 is 1.09 bits per heavy atom. The molecule has 0 aromatic rings. The molecule has 0 aromatic heterocycles. The Labute approximate surface area is 70.6 Å². The Morgan fingerprint density at radius 2 is 1.82 bits per heavy atom. The van der Waals surface area contributed by atoms with Gasteiger partial charge in [0.1, 0.15) is 0 Å². The number of hydrogen-bond acceptors (Lipinski definition) is 1. The first kappa shape index (κ1) is 9.05. The third-order valence-electron chi connectivity index (χ3n) is 2.97. The SMILES string of the molecule is CCC1[CH]NC(CC)C1CC. The predicted octanol–water partition coefficient (Wildman–Crippen LogP) is 2.58. The standard InChI is InChI=1S/C10H20N/c1-4-8-7-11-10(6-3)9(8)5-2/h7-11H,4-6H2,1-3H3. The lowest BCUT2D eigenvalue weighted by Crippen LogP contribution is -2.25. The molecular weight excluding hydrogens is 134 g/mol. The fraction of sp³-hybridized carbons (Fsp3) is 0.900. The summed E-state index contributed by atoms with van der Waals surface area (Å²) in [7, 11) is 0. The second kappa shape index (κ2) is 4.10. The summed E-state index contributed by atoms with van der Waals surface area (Å²) in [4.78, 5) is 0. The van der Waals surface area contributed by atoms with Crippen molar-refractivity contribution in [3.05, 3.63) is 6.54 Å². The van der Waals surface area contributed by atoms with E-state index in [1.165, 1.54) is 19.3 Å². The van der Waals surface area contributed by atoms with Gasteiger partial charge in [0.2, 0.25) is 0 Å².